The van der Waals surface area contributed by atoms with Crippen LogP contribution in [-0.4, -0.2) is 28.9 Å². The molecule has 2 rings (SSSR count). The Hall–Kier alpha value is -0.900. The number of hydrogen-bond donors (Lipinski definition) is 0. The Balaban J connectivity index is 2.06. The molecule has 16 heavy (non-hydrogen) atoms. The van der Waals surface area contributed by atoms with Gasteiger partial charge >= 0.3 is 0 Å². The monoisotopic (exact) mass is 238 g/mol. The Morgan fingerprint density at radius 2 is 2.50 bits per heavy atom. The Labute approximate surface area is 100 Å². The van der Waals surface area contributed by atoms with Crippen LogP contribution in [0.3, 0.4) is 0 Å². The molecule has 1 atom stereocenters. The zero-order chi connectivity index (χ0) is 11.5. The van der Waals surface area contributed by atoms with E-state index in [1.165, 1.54) is 17.1 Å². The van der Waals surface area contributed by atoms with E-state index >= 15 is 0 Å². The normalized spacial score (nSPS) is 21.1. The van der Waals surface area contributed by atoms with Crippen LogP contribution in [0, 0.1) is 0 Å². The first-order valence-electron chi connectivity index (χ1n) is 5.90. The van der Waals surface area contributed by atoms with E-state index in [-0.39, 0.29) is 5.91 Å². The number of carbonyl (C=O) groups is 1. The van der Waals surface area contributed by atoms with E-state index in [1.54, 1.807) is 18.3 Å². The molecule has 0 radical (unpaired) electrons. The van der Waals surface area contributed by atoms with E-state index < -0.39 is 0 Å². The van der Waals surface area contributed by atoms with Crippen molar-refractivity contribution in [2.24, 2.45) is 0 Å². The van der Waals surface area contributed by atoms with Gasteiger partial charge in [-0.3, -0.25) is 4.79 Å². The summed E-state index contributed by atoms with van der Waals surface area (Å²) in [5.74, 6) is 0.653. The van der Waals surface area contributed by atoms with Crippen molar-refractivity contribution in [1.29, 1.82) is 0 Å². The van der Waals surface area contributed by atoms with Gasteiger partial charge in [-0.25, -0.2) is 4.98 Å². The summed E-state index contributed by atoms with van der Waals surface area (Å²) in [7, 11) is 0. The SMILES string of the molecule is CCc1csc(C2CCCN(C(C)=O)C2)n1. The van der Waals surface area contributed by atoms with Gasteiger partial charge in [0.15, 0.2) is 0 Å². The Morgan fingerprint density at radius 3 is 3.12 bits per heavy atom. The first-order valence-corrected chi connectivity index (χ1v) is 6.78. The Kier molecular flexibility index (Phi) is 3.59. The molecule has 88 valence electrons. The fourth-order valence-electron chi connectivity index (χ4n) is 2.14. The smallest absolute Gasteiger partial charge is 0.219 e. The first-order chi connectivity index (χ1) is 7.70. The van der Waals surface area contributed by atoms with Crippen LogP contribution < -0.4 is 0 Å². The lowest BCUT2D eigenvalue weighted by Crippen LogP contribution is -2.37. The average Bonchev–Trinajstić information content (AvgIpc) is 2.77. The second-order valence-corrected chi connectivity index (χ2v) is 5.22. The summed E-state index contributed by atoms with van der Waals surface area (Å²) < 4.78 is 0. The number of rotatable bonds is 2. The van der Waals surface area contributed by atoms with Crippen molar-refractivity contribution in [2.45, 2.75) is 39.0 Å². The summed E-state index contributed by atoms with van der Waals surface area (Å²) in [6.07, 6.45) is 3.27. The van der Waals surface area contributed by atoms with Crippen molar-refractivity contribution in [1.82, 2.24) is 9.88 Å². The van der Waals surface area contributed by atoms with Gasteiger partial charge < -0.3 is 4.90 Å². The van der Waals surface area contributed by atoms with Crippen molar-refractivity contribution in [3.8, 4) is 0 Å². The van der Waals surface area contributed by atoms with E-state index in [0.717, 1.165) is 25.9 Å². The van der Waals surface area contributed by atoms with E-state index in [4.69, 9.17) is 0 Å². The van der Waals surface area contributed by atoms with Crippen molar-refractivity contribution in [2.75, 3.05) is 13.1 Å². The molecular formula is C12H18N2OS. The van der Waals surface area contributed by atoms with E-state index in [9.17, 15) is 4.79 Å². The third-order valence-corrected chi connectivity index (χ3v) is 4.20. The molecule has 1 aromatic heterocycles. The number of aryl methyl sites for hydroxylation is 1. The highest BCUT2D eigenvalue weighted by atomic mass is 32.1. The zero-order valence-corrected chi connectivity index (χ0v) is 10.7. The number of likely N-dealkylation sites (tertiary alicyclic amines) is 1. The van der Waals surface area contributed by atoms with Gasteiger partial charge in [0.2, 0.25) is 5.91 Å². The van der Waals surface area contributed by atoms with Crippen LogP contribution in [0.15, 0.2) is 5.38 Å². The molecule has 0 aromatic carbocycles. The molecule has 1 unspecified atom stereocenters. The van der Waals surface area contributed by atoms with Crippen LogP contribution in [0.1, 0.15) is 43.3 Å². The fraction of sp³-hybridized carbons (Fsp3) is 0.667. The fourth-order valence-corrected chi connectivity index (χ4v) is 3.17. The molecule has 1 fully saturated rings. The molecule has 0 saturated carbocycles. The van der Waals surface area contributed by atoms with Gasteiger partial charge in [0.1, 0.15) is 0 Å². The maximum Gasteiger partial charge on any atom is 0.219 e. The number of carbonyl (C=O) groups excluding carboxylic acids is 1. The lowest BCUT2D eigenvalue weighted by Gasteiger charge is -2.30. The summed E-state index contributed by atoms with van der Waals surface area (Å²) >= 11 is 1.75. The quantitative estimate of drug-likeness (QED) is 0.793. The maximum atomic E-state index is 11.3. The second kappa shape index (κ2) is 4.95. The lowest BCUT2D eigenvalue weighted by molar-refractivity contribution is -0.130. The number of thiazole rings is 1. The number of hydrogen-bond acceptors (Lipinski definition) is 3. The average molecular weight is 238 g/mol. The van der Waals surface area contributed by atoms with Crippen LogP contribution >= 0.6 is 11.3 Å². The lowest BCUT2D eigenvalue weighted by atomic mass is 9.99. The molecule has 0 N–H and O–H groups in total. The second-order valence-electron chi connectivity index (χ2n) is 4.33. The molecule has 2 heterocycles. The van der Waals surface area contributed by atoms with Crippen molar-refractivity contribution in [3.05, 3.63) is 16.1 Å². The molecule has 0 spiro atoms. The molecule has 1 saturated heterocycles. The highest BCUT2D eigenvalue weighted by Crippen LogP contribution is 2.29. The Morgan fingerprint density at radius 1 is 1.69 bits per heavy atom. The summed E-state index contributed by atoms with van der Waals surface area (Å²) in [5.41, 5.74) is 1.18. The van der Waals surface area contributed by atoms with Gasteiger partial charge in [-0.15, -0.1) is 11.3 Å². The van der Waals surface area contributed by atoms with Gasteiger partial charge in [-0.1, -0.05) is 6.92 Å². The van der Waals surface area contributed by atoms with Crippen LogP contribution in [0.25, 0.3) is 0 Å². The minimum absolute atomic E-state index is 0.192. The van der Waals surface area contributed by atoms with E-state index in [0.29, 0.717) is 5.92 Å². The van der Waals surface area contributed by atoms with E-state index in [2.05, 4.69) is 17.3 Å². The van der Waals surface area contributed by atoms with Gasteiger partial charge in [0, 0.05) is 31.3 Å². The maximum absolute atomic E-state index is 11.3. The minimum Gasteiger partial charge on any atom is -0.342 e. The van der Waals surface area contributed by atoms with Crippen LogP contribution in [0.4, 0.5) is 0 Å². The molecule has 1 aromatic rings. The molecule has 1 aliphatic heterocycles. The van der Waals surface area contributed by atoms with E-state index in [1.807, 2.05) is 4.90 Å². The molecule has 1 aliphatic rings. The molecule has 4 heteroatoms. The van der Waals surface area contributed by atoms with Gasteiger partial charge in [-0.05, 0) is 19.3 Å². The third-order valence-electron chi connectivity index (χ3n) is 3.15. The van der Waals surface area contributed by atoms with Crippen LogP contribution in [-0.2, 0) is 11.2 Å². The summed E-state index contributed by atoms with van der Waals surface area (Å²) in [6, 6.07) is 0. The largest absolute Gasteiger partial charge is 0.342 e. The molecule has 1 amide bonds. The minimum atomic E-state index is 0.192. The summed E-state index contributed by atoms with van der Waals surface area (Å²) in [5, 5.41) is 3.35. The summed E-state index contributed by atoms with van der Waals surface area (Å²) in [4.78, 5) is 17.9. The van der Waals surface area contributed by atoms with Crippen LogP contribution in [0.5, 0.6) is 0 Å². The number of aromatic nitrogens is 1. The van der Waals surface area contributed by atoms with Gasteiger partial charge in [0.25, 0.3) is 0 Å². The molecule has 0 bridgehead atoms. The van der Waals surface area contributed by atoms with Crippen molar-refractivity contribution < 1.29 is 4.79 Å². The third kappa shape index (κ3) is 2.43. The number of nitrogens with zero attached hydrogens (tertiary/aromatic N) is 2. The highest BCUT2D eigenvalue weighted by molar-refractivity contribution is 7.09. The molecule has 0 aliphatic carbocycles. The summed E-state index contributed by atoms with van der Waals surface area (Å²) in [6.45, 7) is 5.55. The number of piperidine rings is 1. The predicted molar refractivity (Wildman–Crippen MR) is 65.7 cm³/mol. The Bertz CT molecular complexity index is 375. The van der Waals surface area contributed by atoms with Gasteiger partial charge in [0.05, 0.1) is 10.7 Å². The van der Waals surface area contributed by atoms with Gasteiger partial charge in [-0.2, -0.15) is 0 Å². The first kappa shape index (κ1) is 11.6. The highest BCUT2D eigenvalue weighted by Gasteiger charge is 2.24. The molecule has 3 nitrogen and oxygen atoms in total. The topological polar surface area (TPSA) is 33.2 Å². The standard InChI is InChI=1S/C12H18N2OS/c1-3-11-8-16-12(13-11)10-5-4-6-14(7-10)9(2)15/h8,10H,3-7H2,1-2H3. The molecular weight excluding hydrogens is 220 g/mol. The predicted octanol–water partition coefficient (Wildman–Crippen LogP) is 2.43. The number of amides is 1. The van der Waals surface area contributed by atoms with Crippen molar-refractivity contribution >= 4 is 17.2 Å². The van der Waals surface area contributed by atoms with Crippen molar-refractivity contribution in [3.63, 3.8) is 0 Å². The van der Waals surface area contributed by atoms with Crippen LogP contribution in [0.2, 0.25) is 0 Å². The zero-order valence-electron chi connectivity index (χ0n) is 9.90.